The first-order chi connectivity index (χ1) is 8.90. The second-order valence-corrected chi connectivity index (χ2v) is 6.02. The van der Waals surface area contributed by atoms with Crippen molar-refractivity contribution >= 4 is 34.8 Å². The molecule has 3 nitrogen and oxygen atoms in total. The van der Waals surface area contributed by atoms with Crippen molar-refractivity contribution in [3.05, 3.63) is 27.7 Å². The minimum Gasteiger partial charge on any atom is -0.309 e. The van der Waals surface area contributed by atoms with Gasteiger partial charge in [0.1, 0.15) is 0 Å². The minimum atomic E-state index is -0.129. The summed E-state index contributed by atoms with van der Waals surface area (Å²) in [6, 6.07) is 3.73. The lowest BCUT2D eigenvalue weighted by molar-refractivity contribution is -0.118. The van der Waals surface area contributed by atoms with E-state index in [1.54, 1.807) is 17.0 Å². The van der Waals surface area contributed by atoms with Gasteiger partial charge in [-0.2, -0.15) is 0 Å². The van der Waals surface area contributed by atoms with Crippen molar-refractivity contribution in [2.24, 2.45) is 0 Å². The summed E-state index contributed by atoms with van der Waals surface area (Å²) in [4.78, 5) is 14.1. The minimum absolute atomic E-state index is 0.0653. The van der Waals surface area contributed by atoms with Gasteiger partial charge >= 0.3 is 0 Å². The standard InChI is InChI=1S/C14H18Cl2N2O/c1-8(2)17-12-4-5-18(14(12)19)13-7-10(15)9(3)6-11(13)16/h6-8,12,17H,4-5H2,1-3H3. The number of benzene rings is 1. The zero-order chi connectivity index (χ0) is 14.2. The molecule has 104 valence electrons. The third-order valence-corrected chi connectivity index (χ3v) is 3.97. The number of rotatable bonds is 3. The number of aryl methyl sites for hydroxylation is 1. The molecule has 0 bridgehead atoms. The lowest BCUT2D eigenvalue weighted by Gasteiger charge is -2.20. The Morgan fingerprint density at radius 2 is 2.00 bits per heavy atom. The van der Waals surface area contributed by atoms with Crippen LogP contribution in [0.4, 0.5) is 5.69 Å². The van der Waals surface area contributed by atoms with Crippen LogP contribution in [0.15, 0.2) is 12.1 Å². The highest BCUT2D eigenvalue weighted by Gasteiger charge is 2.33. The number of anilines is 1. The third-order valence-electron chi connectivity index (χ3n) is 3.26. The van der Waals surface area contributed by atoms with Crippen LogP contribution >= 0.6 is 23.2 Å². The topological polar surface area (TPSA) is 32.3 Å². The SMILES string of the molecule is Cc1cc(Cl)c(N2CCC(NC(C)C)C2=O)cc1Cl. The largest absolute Gasteiger partial charge is 0.309 e. The van der Waals surface area contributed by atoms with E-state index in [0.29, 0.717) is 22.3 Å². The average molecular weight is 301 g/mol. The monoisotopic (exact) mass is 300 g/mol. The van der Waals surface area contributed by atoms with Gasteiger partial charge in [-0.25, -0.2) is 0 Å². The van der Waals surface area contributed by atoms with Crippen LogP contribution in [0.5, 0.6) is 0 Å². The number of halogens is 2. The number of carbonyl (C=O) groups is 1. The van der Waals surface area contributed by atoms with E-state index >= 15 is 0 Å². The molecule has 1 aliphatic heterocycles. The molecule has 1 N–H and O–H groups in total. The zero-order valence-electron chi connectivity index (χ0n) is 11.3. The summed E-state index contributed by atoms with van der Waals surface area (Å²) in [5, 5.41) is 4.47. The Labute approximate surface area is 123 Å². The predicted octanol–water partition coefficient (Wildman–Crippen LogP) is 3.41. The molecule has 0 aliphatic carbocycles. The molecule has 0 radical (unpaired) electrons. The van der Waals surface area contributed by atoms with Gasteiger partial charge in [0.25, 0.3) is 0 Å². The van der Waals surface area contributed by atoms with Gasteiger partial charge in [-0.05, 0) is 31.0 Å². The highest BCUT2D eigenvalue weighted by Crippen LogP contribution is 2.34. The fourth-order valence-corrected chi connectivity index (χ4v) is 2.80. The predicted molar refractivity (Wildman–Crippen MR) is 80.2 cm³/mol. The maximum Gasteiger partial charge on any atom is 0.244 e. The van der Waals surface area contributed by atoms with E-state index in [1.165, 1.54) is 0 Å². The Balaban J connectivity index is 2.24. The Morgan fingerprint density at radius 1 is 1.32 bits per heavy atom. The molecule has 5 heteroatoms. The van der Waals surface area contributed by atoms with Gasteiger partial charge in [-0.1, -0.05) is 37.0 Å². The van der Waals surface area contributed by atoms with E-state index < -0.39 is 0 Å². The van der Waals surface area contributed by atoms with Gasteiger partial charge in [0.15, 0.2) is 0 Å². The summed E-state index contributed by atoms with van der Waals surface area (Å²) in [5.41, 5.74) is 1.62. The maximum atomic E-state index is 12.4. The number of nitrogens with zero attached hydrogens (tertiary/aromatic N) is 1. The number of amides is 1. The van der Waals surface area contributed by atoms with Gasteiger partial charge in [-0.3, -0.25) is 4.79 Å². The highest BCUT2D eigenvalue weighted by atomic mass is 35.5. The van der Waals surface area contributed by atoms with Gasteiger partial charge in [0.05, 0.1) is 16.8 Å². The van der Waals surface area contributed by atoms with Crippen LogP contribution < -0.4 is 10.2 Å². The van der Waals surface area contributed by atoms with E-state index in [4.69, 9.17) is 23.2 Å². The molecule has 1 aromatic rings. The Hall–Kier alpha value is -0.770. The second kappa shape index (κ2) is 5.70. The van der Waals surface area contributed by atoms with Crippen LogP contribution in [0.1, 0.15) is 25.8 Å². The number of nitrogens with one attached hydrogen (secondary N) is 1. The molecule has 1 aliphatic rings. The Bertz CT molecular complexity index is 502. The zero-order valence-corrected chi connectivity index (χ0v) is 12.8. The fraction of sp³-hybridized carbons (Fsp3) is 0.500. The Kier molecular flexibility index (Phi) is 4.39. The molecule has 19 heavy (non-hydrogen) atoms. The maximum absolute atomic E-state index is 12.4. The second-order valence-electron chi connectivity index (χ2n) is 5.21. The van der Waals surface area contributed by atoms with Crippen molar-refractivity contribution in [2.75, 3.05) is 11.4 Å². The van der Waals surface area contributed by atoms with E-state index in [9.17, 15) is 4.79 Å². The molecular weight excluding hydrogens is 283 g/mol. The summed E-state index contributed by atoms with van der Waals surface area (Å²) >= 11 is 12.3. The number of hydrogen-bond donors (Lipinski definition) is 1. The van der Waals surface area contributed by atoms with E-state index in [2.05, 4.69) is 5.32 Å². The number of carbonyl (C=O) groups excluding carboxylic acids is 1. The summed E-state index contributed by atoms with van der Waals surface area (Å²) < 4.78 is 0. The van der Waals surface area contributed by atoms with Crippen molar-refractivity contribution in [1.82, 2.24) is 5.32 Å². The van der Waals surface area contributed by atoms with Gasteiger partial charge in [0.2, 0.25) is 5.91 Å². The third kappa shape index (κ3) is 3.04. The van der Waals surface area contributed by atoms with E-state index in [1.807, 2.05) is 20.8 Å². The number of hydrogen-bond acceptors (Lipinski definition) is 2. The van der Waals surface area contributed by atoms with Crippen molar-refractivity contribution in [3.8, 4) is 0 Å². The van der Waals surface area contributed by atoms with Gasteiger partial charge < -0.3 is 10.2 Å². The first kappa shape index (κ1) is 14.6. The molecule has 1 fully saturated rings. The van der Waals surface area contributed by atoms with Crippen LogP contribution in [0.2, 0.25) is 10.0 Å². The lowest BCUT2D eigenvalue weighted by atomic mass is 10.2. The molecule has 1 aromatic carbocycles. The van der Waals surface area contributed by atoms with E-state index in [0.717, 1.165) is 12.0 Å². The van der Waals surface area contributed by atoms with Crippen LogP contribution in [-0.2, 0) is 4.79 Å². The van der Waals surface area contributed by atoms with Crippen LogP contribution in [0.3, 0.4) is 0 Å². The van der Waals surface area contributed by atoms with Crippen molar-refractivity contribution in [2.45, 2.75) is 39.3 Å². The highest BCUT2D eigenvalue weighted by molar-refractivity contribution is 6.36. The van der Waals surface area contributed by atoms with Gasteiger partial charge in [-0.15, -0.1) is 0 Å². The van der Waals surface area contributed by atoms with Crippen molar-refractivity contribution in [3.63, 3.8) is 0 Å². The van der Waals surface area contributed by atoms with Crippen LogP contribution in [0.25, 0.3) is 0 Å². The summed E-state index contributed by atoms with van der Waals surface area (Å²) in [6.07, 6.45) is 0.791. The molecule has 1 heterocycles. The molecule has 1 amide bonds. The lowest BCUT2D eigenvalue weighted by Crippen LogP contribution is -2.41. The summed E-state index contributed by atoms with van der Waals surface area (Å²) in [5.74, 6) is 0.0653. The quantitative estimate of drug-likeness (QED) is 0.928. The molecule has 0 spiro atoms. The molecule has 2 rings (SSSR count). The van der Waals surface area contributed by atoms with Crippen LogP contribution in [-0.4, -0.2) is 24.5 Å². The average Bonchev–Trinajstić information content (AvgIpc) is 2.65. The smallest absolute Gasteiger partial charge is 0.244 e. The fourth-order valence-electron chi connectivity index (χ4n) is 2.32. The van der Waals surface area contributed by atoms with Crippen molar-refractivity contribution < 1.29 is 4.79 Å². The molecule has 0 aromatic heterocycles. The first-order valence-corrected chi connectivity index (χ1v) is 7.19. The Morgan fingerprint density at radius 3 is 2.63 bits per heavy atom. The normalized spacial score (nSPS) is 19.6. The first-order valence-electron chi connectivity index (χ1n) is 6.43. The van der Waals surface area contributed by atoms with E-state index in [-0.39, 0.29) is 18.0 Å². The molecule has 1 atom stereocenters. The molecule has 0 saturated carbocycles. The van der Waals surface area contributed by atoms with Gasteiger partial charge in [0, 0.05) is 17.6 Å². The van der Waals surface area contributed by atoms with Crippen LogP contribution in [0, 0.1) is 6.92 Å². The molecule has 1 saturated heterocycles. The summed E-state index contributed by atoms with van der Waals surface area (Å²) in [7, 11) is 0. The molecule has 1 unspecified atom stereocenters. The summed E-state index contributed by atoms with van der Waals surface area (Å²) in [6.45, 7) is 6.63. The molecular formula is C14H18Cl2N2O. The van der Waals surface area contributed by atoms with Crippen molar-refractivity contribution in [1.29, 1.82) is 0 Å².